The Labute approximate surface area is 162 Å². The molecule has 0 radical (unpaired) electrons. The zero-order valence-corrected chi connectivity index (χ0v) is 15.5. The van der Waals surface area contributed by atoms with E-state index in [1.807, 2.05) is 0 Å². The Hall–Kier alpha value is -2.82. The number of amides is 1. The molecule has 27 heavy (non-hydrogen) atoms. The quantitative estimate of drug-likeness (QED) is 0.626. The predicted octanol–water partition coefficient (Wildman–Crippen LogP) is 3.13. The molecule has 7 nitrogen and oxygen atoms in total. The lowest BCUT2D eigenvalue weighted by atomic mass is 9.91. The summed E-state index contributed by atoms with van der Waals surface area (Å²) in [7, 11) is 0. The van der Waals surface area contributed by atoms with E-state index in [-0.39, 0.29) is 29.0 Å². The number of nitriles is 1. The Morgan fingerprint density at radius 1 is 1.26 bits per heavy atom. The smallest absolute Gasteiger partial charge is 0.252 e. The van der Waals surface area contributed by atoms with Gasteiger partial charge in [-0.25, -0.2) is 4.98 Å². The van der Waals surface area contributed by atoms with Gasteiger partial charge in [-0.15, -0.1) is 0 Å². The maximum atomic E-state index is 11.9. The summed E-state index contributed by atoms with van der Waals surface area (Å²) in [6, 6.07) is 10.5. The highest BCUT2D eigenvalue weighted by Gasteiger charge is 2.24. The van der Waals surface area contributed by atoms with Gasteiger partial charge in [0.25, 0.3) is 5.91 Å². The highest BCUT2D eigenvalue weighted by molar-refractivity contribution is 6.30. The van der Waals surface area contributed by atoms with Gasteiger partial charge in [0.1, 0.15) is 17.7 Å². The lowest BCUT2D eigenvalue weighted by molar-refractivity contribution is 0.100. The van der Waals surface area contributed by atoms with Crippen LogP contribution in [0, 0.1) is 11.3 Å². The van der Waals surface area contributed by atoms with Crippen LogP contribution in [0.4, 0.5) is 17.3 Å². The highest BCUT2D eigenvalue weighted by Crippen LogP contribution is 2.28. The zero-order valence-electron chi connectivity index (χ0n) is 14.7. The maximum absolute atomic E-state index is 11.9. The maximum Gasteiger partial charge on any atom is 0.252 e. The Morgan fingerprint density at radius 3 is 2.70 bits per heavy atom. The minimum atomic E-state index is -0.676. The number of pyridine rings is 1. The van der Waals surface area contributed by atoms with Crippen molar-refractivity contribution in [3.8, 4) is 6.07 Å². The molecule has 2 aromatic rings. The molecule has 0 unspecified atom stereocenters. The van der Waals surface area contributed by atoms with Gasteiger partial charge in [-0.1, -0.05) is 30.5 Å². The first-order valence-electron chi connectivity index (χ1n) is 8.77. The first kappa shape index (κ1) is 19.0. The van der Waals surface area contributed by atoms with Gasteiger partial charge in [0.15, 0.2) is 0 Å². The normalized spacial score (nSPS) is 19.1. The van der Waals surface area contributed by atoms with E-state index in [0.717, 1.165) is 25.7 Å². The average Bonchev–Trinajstić information content (AvgIpc) is 2.63. The van der Waals surface area contributed by atoms with Crippen LogP contribution in [0.1, 0.15) is 41.6 Å². The van der Waals surface area contributed by atoms with E-state index in [1.165, 1.54) is 6.07 Å². The number of aromatic nitrogens is 1. The first-order valence-corrected chi connectivity index (χ1v) is 9.15. The summed E-state index contributed by atoms with van der Waals surface area (Å²) in [5.74, 6) is -0.0329. The van der Waals surface area contributed by atoms with E-state index in [2.05, 4.69) is 21.7 Å². The van der Waals surface area contributed by atoms with Crippen LogP contribution < -0.4 is 22.1 Å². The molecule has 2 atom stereocenters. The van der Waals surface area contributed by atoms with Gasteiger partial charge in [0.05, 0.1) is 11.1 Å². The van der Waals surface area contributed by atoms with E-state index in [0.29, 0.717) is 16.5 Å². The predicted molar refractivity (Wildman–Crippen MR) is 106 cm³/mol. The number of hydrogen-bond acceptors (Lipinski definition) is 6. The number of anilines is 3. The van der Waals surface area contributed by atoms with Crippen LogP contribution in [0.15, 0.2) is 30.3 Å². The van der Waals surface area contributed by atoms with E-state index in [4.69, 9.17) is 23.1 Å². The van der Waals surface area contributed by atoms with E-state index in [1.54, 1.807) is 24.3 Å². The molecule has 3 rings (SSSR count). The molecule has 1 aliphatic rings. The minimum absolute atomic E-state index is 0.00718. The summed E-state index contributed by atoms with van der Waals surface area (Å²) < 4.78 is 0. The average molecular weight is 385 g/mol. The number of benzene rings is 1. The van der Waals surface area contributed by atoms with Gasteiger partial charge in [-0.05, 0) is 37.1 Å². The summed E-state index contributed by atoms with van der Waals surface area (Å²) in [5, 5.41) is 16.4. The number of carbonyl (C=O) groups is 1. The fourth-order valence-electron chi connectivity index (χ4n) is 3.21. The number of primary amides is 1. The molecule has 1 aromatic carbocycles. The van der Waals surface area contributed by atoms with Crippen molar-refractivity contribution in [1.82, 2.24) is 4.98 Å². The molecule has 1 amide bonds. The van der Waals surface area contributed by atoms with Gasteiger partial charge in [-0.2, -0.15) is 5.26 Å². The van der Waals surface area contributed by atoms with Crippen LogP contribution in [0.5, 0.6) is 0 Å². The van der Waals surface area contributed by atoms with Crippen molar-refractivity contribution in [1.29, 1.82) is 5.26 Å². The Kier molecular flexibility index (Phi) is 5.79. The van der Waals surface area contributed by atoms with Gasteiger partial charge < -0.3 is 22.1 Å². The summed E-state index contributed by atoms with van der Waals surface area (Å²) in [6.07, 6.45) is 4.00. The van der Waals surface area contributed by atoms with Crippen LogP contribution in [0.2, 0.25) is 5.02 Å². The van der Waals surface area contributed by atoms with Crippen LogP contribution in [0.3, 0.4) is 0 Å². The van der Waals surface area contributed by atoms with Crippen molar-refractivity contribution < 1.29 is 4.79 Å². The molecule has 1 heterocycles. The molecule has 1 aliphatic carbocycles. The number of rotatable bonds is 5. The minimum Gasteiger partial charge on any atom is -0.365 e. The van der Waals surface area contributed by atoms with Crippen molar-refractivity contribution in [2.45, 2.75) is 37.8 Å². The third-order valence-corrected chi connectivity index (χ3v) is 4.87. The lowest BCUT2D eigenvalue weighted by Gasteiger charge is -2.30. The second-order valence-corrected chi connectivity index (χ2v) is 7.03. The zero-order chi connectivity index (χ0) is 19.4. The second-order valence-electron chi connectivity index (χ2n) is 6.59. The number of nitrogens with zero attached hydrogens (tertiary/aromatic N) is 2. The van der Waals surface area contributed by atoms with Crippen molar-refractivity contribution in [2.24, 2.45) is 11.5 Å². The second kappa shape index (κ2) is 8.25. The van der Waals surface area contributed by atoms with Crippen molar-refractivity contribution in [3.05, 3.63) is 46.5 Å². The van der Waals surface area contributed by atoms with Crippen molar-refractivity contribution in [3.63, 3.8) is 0 Å². The molecule has 8 heteroatoms. The van der Waals surface area contributed by atoms with Crippen molar-refractivity contribution in [2.75, 3.05) is 10.6 Å². The summed E-state index contributed by atoms with van der Waals surface area (Å²) >= 11 is 6.02. The fraction of sp³-hybridized carbons (Fsp3) is 0.316. The standard InChI is InChI=1S/C19H21ClN6O/c20-12-4-3-5-13(9-12)24-19-14(17(23)27)8-11(10-21)18(26-19)25-16-7-2-1-6-15(16)22/h3-5,8-9,15-16H,1-2,6-7,22H2,(H2,23,27)(H2,24,25,26)/t15-,16+/m0/s1. The van der Waals surface area contributed by atoms with Crippen LogP contribution in [-0.2, 0) is 0 Å². The molecule has 0 aliphatic heterocycles. The number of nitrogens with two attached hydrogens (primary N) is 2. The Balaban J connectivity index is 1.97. The van der Waals surface area contributed by atoms with E-state index < -0.39 is 5.91 Å². The summed E-state index contributed by atoms with van der Waals surface area (Å²) in [6.45, 7) is 0. The van der Waals surface area contributed by atoms with E-state index in [9.17, 15) is 10.1 Å². The molecule has 6 N–H and O–H groups in total. The van der Waals surface area contributed by atoms with Gasteiger partial charge >= 0.3 is 0 Å². The highest BCUT2D eigenvalue weighted by atomic mass is 35.5. The summed E-state index contributed by atoms with van der Waals surface area (Å²) in [5.41, 5.74) is 12.7. The van der Waals surface area contributed by atoms with Crippen molar-refractivity contribution >= 4 is 34.8 Å². The molecule has 1 aromatic heterocycles. The third-order valence-electron chi connectivity index (χ3n) is 4.64. The van der Waals surface area contributed by atoms with Crippen LogP contribution in [0.25, 0.3) is 0 Å². The molecule has 0 bridgehead atoms. The SMILES string of the molecule is N#Cc1cc(C(N)=O)c(Nc2cccc(Cl)c2)nc1N[C@@H]1CCCC[C@@H]1N. The number of carbonyl (C=O) groups excluding carboxylic acids is 1. The first-order chi connectivity index (χ1) is 13.0. The number of halogens is 1. The monoisotopic (exact) mass is 384 g/mol. The lowest BCUT2D eigenvalue weighted by Crippen LogP contribution is -2.43. The largest absolute Gasteiger partial charge is 0.365 e. The molecule has 0 spiro atoms. The van der Waals surface area contributed by atoms with E-state index >= 15 is 0 Å². The van der Waals surface area contributed by atoms with Crippen LogP contribution in [-0.4, -0.2) is 23.0 Å². The van der Waals surface area contributed by atoms with Gasteiger partial charge in [-0.3, -0.25) is 4.79 Å². The number of nitrogens with one attached hydrogen (secondary N) is 2. The molecule has 140 valence electrons. The molecule has 1 fully saturated rings. The summed E-state index contributed by atoms with van der Waals surface area (Å²) in [4.78, 5) is 16.3. The Bertz CT molecular complexity index is 894. The molecule has 1 saturated carbocycles. The third kappa shape index (κ3) is 4.48. The fourth-order valence-corrected chi connectivity index (χ4v) is 3.40. The van der Waals surface area contributed by atoms with Gasteiger partial charge in [0, 0.05) is 22.8 Å². The molecule has 0 saturated heterocycles. The van der Waals surface area contributed by atoms with Gasteiger partial charge in [0.2, 0.25) is 0 Å². The molecular formula is C19H21ClN6O. The topological polar surface area (TPSA) is 130 Å². The molecular weight excluding hydrogens is 364 g/mol. The van der Waals surface area contributed by atoms with Crippen LogP contribution >= 0.6 is 11.6 Å². The number of hydrogen-bond donors (Lipinski definition) is 4. The Morgan fingerprint density at radius 2 is 2.04 bits per heavy atom.